The van der Waals surface area contributed by atoms with Gasteiger partial charge in [0.25, 0.3) is 5.78 Å². The molecule has 113 heavy (non-hydrogen) atoms. The number of amides is 1. The maximum Gasteiger partial charge on any atom is 0.407 e. The number of aromatic amines is 2. The molecule has 0 bridgehead atoms. The minimum absolute atomic E-state index is 0.0444. The van der Waals surface area contributed by atoms with Crippen LogP contribution in [0.3, 0.4) is 0 Å². The molecule has 12 aromatic rings. The molecule has 3 aliphatic rings. The number of fused-ring (bicyclic) bond motifs is 11. The van der Waals surface area contributed by atoms with Crippen LogP contribution >= 0.6 is 68.0 Å². The fourth-order valence-electron chi connectivity index (χ4n) is 12.8. The van der Waals surface area contributed by atoms with Crippen molar-refractivity contribution < 1.29 is 48.7 Å². The van der Waals surface area contributed by atoms with Crippen LogP contribution in [0.2, 0.25) is 0 Å². The number of alkyl carbamates (subject to hydrolysis) is 1. The quantitative estimate of drug-likeness (QED) is 0.00892. The zero-order chi connectivity index (χ0) is 80.8. The number of nitriles is 2. The molecule has 34 heteroatoms. The third kappa shape index (κ3) is 17.2. The number of ether oxygens (including phenoxy) is 3. The van der Waals surface area contributed by atoms with E-state index < -0.39 is 17.8 Å². The molecule has 10 aromatic heterocycles. The third-order valence-electron chi connectivity index (χ3n) is 19.2. The van der Waals surface area contributed by atoms with Gasteiger partial charge in [-0.3, -0.25) is 9.59 Å². The van der Waals surface area contributed by atoms with Crippen LogP contribution in [-0.4, -0.2) is 140 Å². The van der Waals surface area contributed by atoms with Gasteiger partial charge in [0, 0.05) is 88.0 Å². The summed E-state index contributed by atoms with van der Waals surface area (Å²) in [7, 11) is 5.91. The molecule has 0 saturated heterocycles. The lowest BCUT2D eigenvalue weighted by Gasteiger charge is -2.20. The predicted molar refractivity (Wildman–Crippen MR) is 445 cm³/mol. The molecular weight excluding hydrogens is 1550 g/mol. The van der Waals surface area contributed by atoms with E-state index in [9.17, 15) is 24.3 Å². The summed E-state index contributed by atoms with van der Waals surface area (Å²) in [5.74, 6) is -1.11. The van der Waals surface area contributed by atoms with Crippen LogP contribution in [0.1, 0.15) is 117 Å². The van der Waals surface area contributed by atoms with Crippen LogP contribution in [0.25, 0.3) is 68.6 Å². The molecule has 580 valence electrons. The lowest BCUT2D eigenvalue weighted by molar-refractivity contribution is -0.132. The van der Waals surface area contributed by atoms with Crippen molar-refractivity contribution in [1.29, 1.82) is 10.5 Å². The first-order valence-electron chi connectivity index (χ1n) is 35.1. The van der Waals surface area contributed by atoms with Gasteiger partial charge in [-0.25, -0.2) is 24.4 Å². The Morgan fingerprint density at radius 1 is 0.584 bits per heavy atom. The normalized spacial score (nSPS) is 13.3. The number of aliphatic hydroxyl groups is 2. The number of nitrogens with zero attached hydrogens (tertiary/aromatic N) is 12. The molecule has 0 spiro atoms. The maximum atomic E-state index is 12.4. The zero-order valence-electron chi connectivity index (χ0n) is 62.8. The number of anilines is 5. The Balaban J connectivity index is 0.000000151. The number of carboxylic acid groups (broad SMARTS) is 1. The van der Waals surface area contributed by atoms with Crippen molar-refractivity contribution in [3.8, 4) is 53.2 Å². The number of aliphatic hydroxyl groups excluding tert-OH is 2. The molecule has 0 saturated carbocycles. The van der Waals surface area contributed by atoms with E-state index in [0.717, 1.165) is 73.4 Å². The van der Waals surface area contributed by atoms with Crippen LogP contribution in [0.5, 0.6) is 11.8 Å². The molecule has 0 radical (unpaired) electrons. The number of thiophene rings is 6. The monoisotopic (exact) mass is 1630 g/mol. The fraction of sp³-hybridized carbons (Fsp3) is 0.278. The van der Waals surface area contributed by atoms with Crippen molar-refractivity contribution in [3.63, 3.8) is 0 Å². The first kappa shape index (κ1) is 80.8. The molecule has 3 aliphatic carbocycles. The Hall–Kier alpha value is -11.8. The Labute approximate surface area is 673 Å². The highest BCUT2D eigenvalue weighted by Gasteiger charge is 2.43. The van der Waals surface area contributed by atoms with Gasteiger partial charge in [-0.1, -0.05) is 90.1 Å². The number of hydrogen-bond acceptors (Lipinski definition) is 29. The number of hydrogen-bond donors (Lipinski definition) is 9. The van der Waals surface area contributed by atoms with Gasteiger partial charge in [-0.15, -0.1) is 68.0 Å². The van der Waals surface area contributed by atoms with E-state index in [2.05, 4.69) is 115 Å². The molecular formula is C79H78N18O10S6. The largest absolute Gasteiger partial charge is 0.477 e. The number of likely N-dealkylation sites (N-methyl/N-ethyl adjacent to an activating group) is 3. The smallest absolute Gasteiger partial charge is 0.407 e. The number of H-pyrrole nitrogens is 2. The Morgan fingerprint density at radius 3 is 1.39 bits per heavy atom. The fourth-order valence-corrected chi connectivity index (χ4v) is 20.8. The maximum absolute atomic E-state index is 12.4. The summed E-state index contributed by atoms with van der Waals surface area (Å²) in [5.41, 5.74) is 29.4. The highest BCUT2D eigenvalue weighted by Crippen LogP contribution is 2.60. The molecule has 0 atom stereocenters. The van der Waals surface area contributed by atoms with Crippen LogP contribution < -0.4 is 46.7 Å². The van der Waals surface area contributed by atoms with Crippen LogP contribution in [0.4, 0.5) is 31.7 Å². The molecule has 12 N–H and O–H groups in total. The second-order valence-corrected chi connectivity index (χ2v) is 34.1. The molecule has 1 amide bonds. The van der Waals surface area contributed by atoms with Gasteiger partial charge in [0.2, 0.25) is 29.4 Å². The van der Waals surface area contributed by atoms with Crippen molar-refractivity contribution in [3.05, 3.63) is 191 Å². The number of nitrogen functional groups attached to an aromatic ring is 2. The van der Waals surface area contributed by atoms with Crippen molar-refractivity contribution in [2.45, 2.75) is 84.1 Å². The van der Waals surface area contributed by atoms with Gasteiger partial charge < -0.3 is 76.7 Å². The molecule has 10 heterocycles. The van der Waals surface area contributed by atoms with Crippen LogP contribution in [0.15, 0.2) is 109 Å². The summed E-state index contributed by atoms with van der Waals surface area (Å²) in [5, 5.41) is 51.5. The summed E-state index contributed by atoms with van der Waals surface area (Å²) in [6, 6.07) is 31.3. The van der Waals surface area contributed by atoms with E-state index in [4.69, 9.17) is 58.7 Å². The van der Waals surface area contributed by atoms with E-state index in [-0.39, 0.29) is 65.8 Å². The number of rotatable bonds is 24. The first-order chi connectivity index (χ1) is 54.1. The molecule has 0 unspecified atom stereocenters. The number of nitrogens with one attached hydrogen (secondary N) is 3. The number of aliphatic carboxylic acids is 1. The number of benzene rings is 2. The number of aromatic nitrogens is 8. The van der Waals surface area contributed by atoms with Gasteiger partial charge in [-0.2, -0.15) is 30.5 Å². The SMILES string of the molecule is CN(CCO)c1cc2c(s1)-c1sc(C=O)cc1C2(C)C.CN(CCOC(=O)NCc1ccc(COc2nc(N)nc3nc[nH]c23)cc1)c1cc2c(s1)-c1sc(/C=C(/C#N)C(=O)O)cc1C2(C)C.NCc1ccc(COc2nc(N)nc3nc[nH]c23)cc1.[C-]#[N+]/C(=C\c1cc2c(s1)-c1sc(N(C)CCO)cc1C2(C)C)C(=O)C#N. The summed E-state index contributed by atoms with van der Waals surface area (Å²) >= 11 is 9.68. The van der Waals surface area contributed by atoms with Crippen LogP contribution in [-0.2, 0) is 56.9 Å². The van der Waals surface area contributed by atoms with Gasteiger partial charge >= 0.3 is 12.1 Å². The molecule has 2 aromatic carbocycles. The Bertz CT molecular complexity index is 5780. The number of aldehydes is 1. The molecule has 0 fully saturated rings. The standard InChI is InChI=1S/C32H30N8O5S2.C19H17N3O2S2.C15H17NO2S2.C13H14N6O/c1-32(2)21-11-20(10-19(13-33)29(41)42)46-25(21)26-22(32)12-23(47-26)40(3)8-9-44-31(43)35-14-17-4-6-18(7-5-17)15-45-28-24-27(37-16-36-24)38-30(34)39-28;1-19(2)12-7-11(8-14(21-3)15(24)10-20)25-17(12)18-13(19)9-16(26-18)22(4)5-6-23;1-15(2)10-6-9(8-18)19-13(10)14-11(15)7-12(20-14)16(3)4-5-17;14-5-8-1-3-9(4-2-8)6-20-12-10-11(17-7-16-10)18-13(15)19-12/h4-7,10-12,16H,8-9,14-15H2,1-3H3,(H,35,43)(H,41,42)(H3,34,36,37,38,39);7-9,23H,5-6H2,1-2,4H3;6-8,17H,4-5H2,1-3H3;1-4,7H,5-6,14H2,(H3,15,16,17,18,19)/b19-10-;14-8-;;. The number of allylic oxidation sites excluding steroid dienone is 1. The van der Waals surface area contributed by atoms with E-state index >= 15 is 0 Å². The lowest BCUT2D eigenvalue weighted by atomic mass is 9.84. The second kappa shape index (κ2) is 34.1. The van der Waals surface area contributed by atoms with Crippen molar-refractivity contribution in [2.75, 3.05) is 86.8 Å². The average Bonchev–Trinajstić information content (AvgIpc) is 1.57. The Kier molecular flexibility index (Phi) is 24.3. The summed E-state index contributed by atoms with van der Waals surface area (Å²) in [6.45, 7) is 23.8. The summed E-state index contributed by atoms with van der Waals surface area (Å²) in [6.07, 6.45) is 6.39. The summed E-state index contributed by atoms with van der Waals surface area (Å²) < 4.78 is 16.9. The van der Waals surface area contributed by atoms with Crippen LogP contribution in [0, 0.1) is 29.2 Å². The number of carbonyl (C=O) groups excluding carboxylic acids is 3. The average molecular weight is 1630 g/mol. The van der Waals surface area contributed by atoms with Gasteiger partial charge in [0.05, 0.1) is 73.5 Å². The zero-order valence-corrected chi connectivity index (χ0v) is 67.7. The highest BCUT2D eigenvalue weighted by molar-refractivity contribution is 7.26. The van der Waals surface area contributed by atoms with E-state index in [1.54, 1.807) is 51.4 Å². The first-order valence-corrected chi connectivity index (χ1v) is 40.0. The molecule has 15 rings (SSSR count). The van der Waals surface area contributed by atoms with E-state index in [0.29, 0.717) is 73.4 Å². The number of carboxylic acids is 1. The molecule has 0 aliphatic heterocycles. The molecule has 28 nitrogen and oxygen atoms in total. The Morgan fingerprint density at radius 2 is 0.982 bits per heavy atom. The van der Waals surface area contributed by atoms with Gasteiger partial charge in [0.15, 0.2) is 17.6 Å². The topological polar surface area (TPSA) is 417 Å². The number of Topliss-reactive ketones (excluding diaryl/α,β-unsaturated/α-hetero) is 1. The highest BCUT2D eigenvalue weighted by atomic mass is 32.1. The number of carbonyl (C=O) groups is 4. The lowest BCUT2D eigenvalue weighted by Crippen LogP contribution is -2.28. The van der Waals surface area contributed by atoms with E-state index in [1.165, 1.54) is 101 Å². The van der Waals surface area contributed by atoms with E-state index in [1.807, 2.05) is 97.7 Å². The van der Waals surface area contributed by atoms with Crippen molar-refractivity contribution in [1.82, 2.24) is 45.2 Å². The number of ketones is 1. The predicted octanol–water partition coefficient (Wildman–Crippen LogP) is 13.5. The number of imidazole rings is 2. The van der Waals surface area contributed by atoms with Gasteiger partial charge in [-0.05, 0) is 104 Å². The minimum atomic E-state index is -1.24. The summed E-state index contributed by atoms with van der Waals surface area (Å²) in [4.78, 5) is 95.3. The minimum Gasteiger partial charge on any atom is -0.477 e. The van der Waals surface area contributed by atoms with Gasteiger partial charge in [0.1, 0.15) is 48.6 Å². The number of nitrogens with two attached hydrogens (primary N) is 3. The third-order valence-corrected chi connectivity index (χ3v) is 26.7. The van der Waals surface area contributed by atoms with Crippen molar-refractivity contribution in [2.24, 2.45) is 5.73 Å². The second-order valence-electron chi connectivity index (χ2n) is 27.8. The van der Waals surface area contributed by atoms with Crippen molar-refractivity contribution >= 4 is 154 Å².